The molecule has 10 heteroatoms. The quantitative estimate of drug-likeness (QED) is 0.648. The van der Waals surface area contributed by atoms with Crippen LogP contribution in [-0.2, 0) is 19.3 Å². The fourth-order valence-corrected chi connectivity index (χ4v) is 4.08. The van der Waals surface area contributed by atoms with Gasteiger partial charge in [0, 0.05) is 38.4 Å². The third-order valence-electron chi connectivity index (χ3n) is 5.58. The van der Waals surface area contributed by atoms with Crippen LogP contribution < -0.4 is 10.6 Å². The maximum atomic E-state index is 13.1. The number of fused-ring (bicyclic) bond motifs is 1. The van der Waals surface area contributed by atoms with E-state index in [-0.39, 0.29) is 17.4 Å². The lowest BCUT2D eigenvalue weighted by molar-refractivity contribution is -0.141. The van der Waals surface area contributed by atoms with Gasteiger partial charge in [0.15, 0.2) is 5.65 Å². The molecule has 4 heterocycles. The Morgan fingerprint density at radius 3 is 2.57 bits per heavy atom. The van der Waals surface area contributed by atoms with Crippen LogP contribution in [0.1, 0.15) is 31.3 Å². The first kappa shape index (κ1) is 20.4. The van der Waals surface area contributed by atoms with E-state index in [0.29, 0.717) is 37.6 Å². The van der Waals surface area contributed by atoms with Crippen molar-refractivity contribution in [1.29, 1.82) is 0 Å². The first-order valence-corrected chi connectivity index (χ1v) is 9.99. The van der Waals surface area contributed by atoms with Crippen molar-refractivity contribution in [1.82, 2.24) is 24.1 Å². The maximum Gasteiger partial charge on any atom is 0.433 e. The van der Waals surface area contributed by atoms with Gasteiger partial charge in [0.2, 0.25) is 0 Å². The molecular weight excluding hydrogens is 397 g/mol. The average Bonchev–Trinajstić information content (AvgIpc) is 2.98. The number of rotatable bonds is 4. The van der Waals surface area contributed by atoms with E-state index < -0.39 is 11.9 Å². The highest BCUT2D eigenvalue weighted by Crippen LogP contribution is 2.31. The molecule has 3 aromatic rings. The van der Waals surface area contributed by atoms with Crippen molar-refractivity contribution in [3.8, 4) is 0 Å². The fraction of sp³-hybridized carbons (Fsp3) is 0.500. The van der Waals surface area contributed by atoms with Gasteiger partial charge in [0.25, 0.3) is 0 Å². The Bertz CT molecular complexity index is 1110. The van der Waals surface area contributed by atoms with E-state index in [4.69, 9.17) is 0 Å². The van der Waals surface area contributed by atoms with Crippen LogP contribution in [0.3, 0.4) is 0 Å². The molecule has 7 nitrogen and oxygen atoms in total. The number of anilines is 1. The fourth-order valence-electron chi connectivity index (χ4n) is 4.08. The number of alkyl halides is 3. The van der Waals surface area contributed by atoms with Crippen LogP contribution in [0.25, 0.3) is 11.2 Å². The van der Waals surface area contributed by atoms with Crippen LogP contribution >= 0.6 is 0 Å². The SMILES string of the molecule is CCn1c(=O)n(CC2CCN(c3cc(C(F)(F)F)nc(C)n3)CC2)c2ncccc21. The van der Waals surface area contributed by atoms with Gasteiger partial charge in [-0.3, -0.25) is 9.13 Å². The van der Waals surface area contributed by atoms with Gasteiger partial charge in [-0.2, -0.15) is 13.2 Å². The third-order valence-corrected chi connectivity index (χ3v) is 5.58. The second kappa shape index (κ2) is 7.73. The summed E-state index contributed by atoms with van der Waals surface area (Å²) in [7, 11) is 0. The topological polar surface area (TPSA) is 68.8 Å². The lowest BCUT2D eigenvalue weighted by atomic mass is 9.96. The van der Waals surface area contributed by atoms with Gasteiger partial charge >= 0.3 is 11.9 Å². The minimum Gasteiger partial charge on any atom is -0.356 e. The Morgan fingerprint density at radius 1 is 1.17 bits per heavy atom. The van der Waals surface area contributed by atoms with Crippen LogP contribution in [0.5, 0.6) is 0 Å². The second-order valence-corrected chi connectivity index (χ2v) is 7.57. The van der Waals surface area contributed by atoms with Crippen molar-refractivity contribution >= 4 is 17.0 Å². The molecule has 30 heavy (non-hydrogen) atoms. The summed E-state index contributed by atoms with van der Waals surface area (Å²) in [6.07, 6.45) is -1.32. The zero-order valence-corrected chi connectivity index (χ0v) is 16.9. The number of nitrogens with zero attached hydrogens (tertiary/aromatic N) is 6. The molecule has 0 unspecified atom stereocenters. The Balaban J connectivity index is 1.50. The zero-order chi connectivity index (χ0) is 21.5. The van der Waals surface area contributed by atoms with Gasteiger partial charge in [-0.15, -0.1) is 0 Å². The standard InChI is InChI=1S/C20H23F3N6O/c1-3-28-15-5-4-8-24-18(15)29(19(28)30)12-14-6-9-27(10-7-14)17-11-16(20(21,22)23)25-13(2)26-17/h4-5,8,11,14H,3,6-7,9-10,12H2,1-2H3. The second-order valence-electron chi connectivity index (χ2n) is 7.57. The van der Waals surface area contributed by atoms with Gasteiger partial charge in [0.05, 0.1) is 5.52 Å². The average molecular weight is 420 g/mol. The van der Waals surface area contributed by atoms with Crippen molar-refractivity contribution in [2.75, 3.05) is 18.0 Å². The monoisotopic (exact) mass is 420 g/mol. The number of halogens is 3. The number of hydrogen-bond donors (Lipinski definition) is 0. The summed E-state index contributed by atoms with van der Waals surface area (Å²) < 4.78 is 42.6. The molecule has 1 aliphatic heterocycles. The number of hydrogen-bond acceptors (Lipinski definition) is 5. The van der Waals surface area contributed by atoms with E-state index in [1.54, 1.807) is 15.3 Å². The van der Waals surface area contributed by atoms with Crippen LogP contribution in [0.4, 0.5) is 19.0 Å². The van der Waals surface area contributed by atoms with Gasteiger partial charge in [0.1, 0.15) is 17.3 Å². The van der Waals surface area contributed by atoms with Crippen LogP contribution in [0.15, 0.2) is 29.2 Å². The van der Waals surface area contributed by atoms with Crippen LogP contribution in [0.2, 0.25) is 0 Å². The molecule has 1 saturated heterocycles. The largest absolute Gasteiger partial charge is 0.433 e. The number of aromatic nitrogens is 5. The summed E-state index contributed by atoms with van der Waals surface area (Å²) in [4.78, 5) is 26.8. The molecule has 0 aromatic carbocycles. The zero-order valence-electron chi connectivity index (χ0n) is 16.9. The van der Waals surface area contributed by atoms with Gasteiger partial charge in [-0.1, -0.05) is 0 Å². The van der Waals surface area contributed by atoms with E-state index in [2.05, 4.69) is 15.0 Å². The van der Waals surface area contributed by atoms with E-state index in [0.717, 1.165) is 24.4 Å². The van der Waals surface area contributed by atoms with Crippen LogP contribution in [-0.4, -0.2) is 37.2 Å². The van der Waals surface area contributed by atoms with Gasteiger partial charge in [-0.05, 0) is 44.7 Å². The Kier molecular flexibility index (Phi) is 5.25. The summed E-state index contributed by atoms with van der Waals surface area (Å²) in [5.41, 5.74) is 0.499. The Morgan fingerprint density at radius 2 is 1.90 bits per heavy atom. The minimum absolute atomic E-state index is 0.0742. The highest BCUT2D eigenvalue weighted by molar-refractivity contribution is 5.71. The lowest BCUT2D eigenvalue weighted by Crippen LogP contribution is -2.37. The number of aryl methyl sites for hydroxylation is 2. The summed E-state index contributed by atoms with van der Waals surface area (Å²) in [6, 6.07) is 4.72. The predicted octanol–water partition coefficient (Wildman–Crippen LogP) is 3.25. The summed E-state index contributed by atoms with van der Waals surface area (Å²) >= 11 is 0. The van der Waals surface area contributed by atoms with Crippen molar-refractivity contribution in [3.63, 3.8) is 0 Å². The Hall–Kier alpha value is -2.91. The maximum absolute atomic E-state index is 13.1. The van der Waals surface area contributed by atoms with E-state index in [1.165, 1.54) is 6.92 Å². The molecule has 0 N–H and O–H groups in total. The molecule has 0 spiro atoms. The molecule has 0 aliphatic carbocycles. The molecule has 0 saturated carbocycles. The number of imidazole rings is 1. The molecule has 1 aliphatic rings. The van der Waals surface area contributed by atoms with Crippen molar-refractivity contribution in [2.24, 2.45) is 5.92 Å². The highest BCUT2D eigenvalue weighted by Gasteiger charge is 2.34. The lowest BCUT2D eigenvalue weighted by Gasteiger charge is -2.33. The predicted molar refractivity (Wildman–Crippen MR) is 106 cm³/mol. The first-order valence-electron chi connectivity index (χ1n) is 9.99. The van der Waals surface area contributed by atoms with E-state index >= 15 is 0 Å². The molecule has 0 bridgehead atoms. The van der Waals surface area contributed by atoms with Crippen LogP contribution in [0, 0.1) is 12.8 Å². The number of pyridine rings is 1. The van der Waals surface area contributed by atoms with Crippen molar-refractivity contribution in [3.05, 3.63) is 46.4 Å². The minimum atomic E-state index is -4.50. The molecule has 0 atom stereocenters. The first-order chi connectivity index (χ1) is 14.3. The van der Waals surface area contributed by atoms with E-state index in [9.17, 15) is 18.0 Å². The molecule has 4 rings (SSSR count). The molecule has 1 fully saturated rings. The molecule has 0 radical (unpaired) electrons. The third kappa shape index (κ3) is 3.78. The van der Waals surface area contributed by atoms with Crippen molar-refractivity contribution in [2.45, 2.75) is 46.0 Å². The number of piperidine rings is 1. The Labute approximate surface area is 171 Å². The summed E-state index contributed by atoms with van der Waals surface area (Å²) in [6.45, 7) is 5.66. The molecule has 160 valence electrons. The molecular formula is C20H23F3N6O. The van der Waals surface area contributed by atoms with Gasteiger partial charge in [-0.25, -0.2) is 19.7 Å². The summed E-state index contributed by atoms with van der Waals surface area (Å²) in [5, 5.41) is 0. The molecule has 3 aromatic heterocycles. The van der Waals surface area contributed by atoms with E-state index in [1.807, 2.05) is 24.0 Å². The normalized spacial score (nSPS) is 15.8. The smallest absolute Gasteiger partial charge is 0.356 e. The molecule has 0 amide bonds. The highest BCUT2D eigenvalue weighted by atomic mass is 19.4. The van der Waals surface area contributed by atoms with Crippen molar-refractivity contribution < 1.29 is 13.2 Å². The van der Waals surface area contributed by atoms with Gasteiger partial charge < -0.3 is 4.90 Å². The summed E-state index contributed by atoms with van der Waals surface area (Å²) in [5.74, 6) is 0.642.